The maximum Gasteiger partial charge on any atom is 0.273 e. The number of nitrogens with one attached hydrogen (secondary N) is 1. The van der Waals surface area contributed by atoms with E-state index >= 15 is 0 Å². The third kappa shape index (κ3) is 4.50. The topological polar surface area (TPSA) is 72.2 Å². The molecule has 3 N–H and O–H groups in total. The van der Waals surface area contributed by atoms with Gasteiger partial charge in [0.15, 0.2) is 0 Å². The molecule has 0 bridgehead atoms. The average Bonchev–Trinajstić information content (AvgIpc) is 2.36. The Bertz CT molecular complexity index is 549. The van der Waals surface area contributed by atoms with Gasteiger partial charge in [-0.05, 0) is 23.1 Å². The van der Waals surface area contributed by atoms with E-state index in [1.54, 1.807) is 12.1 Å². The van der Waals surface area contributed by atoms with Crippen molar-refractivity contribution in [3.05, 3.63) is 29.8 Å². The molecule has 1 rings (SSSR count). The van der Waals surface area contributed by atoms with Gasteiger partial charge in [-0.2, -0.15) is 0 Å². The second-order valence-corrected chi connectivity index (χ2v) is 7.43. The molecule has 0 spiro atoms. The van der Waals surface area contributed by atoms with E-state index < -0.39 is 29.0 Å². The maximum absolute atomic E-state index is 13.0. The number of benzene rings is 1. The third-order valence-electron chi connectivity index (χ3n) is 2.85. The first-order valence-corrected chi connectivity index (χ1v) is 7.64. The molecular formula is C13H20F2N2O2S. The molecule has 0 unspecified atom stereocenters. The summed E-state index contributed by atoms with van der Waals surface area (Å²) in [5.41, 5.74) is 5.71. The number of alkyl halides is 2. The highest BCUT2D eigenvalue weighted by molar-refractivity contribution is 7.89. The summed E-state index contributed by atoms with van der Waals surface area (Å²) < 4.78 is 51.5. The quantitative estimate of drug-likeness (QED) is 0.872. The molecule has 0 aliphatic rings. The smallest absolute Gasteiger partial charge is 0.273 e. The zero-order chi connectivity index (χ0) is 15.6. The summed E-state index contributed by atoms with van der Waals surface area (Å²) in [5, 5.41) is 0. The van der Waals surface area contributed by atoms with Gasteiger partial charge < -0.3 is 5.73 Å². The van der Waals surface area contributed by atoms with Gasteiger partial charge in [-0.25, -0.2) is 21.9 Å². The molecule has 0 heterocycles. The van der Waals surface area contributed by atoms with Crippen LogP contribution in [0.15, 0.2) is 29.2 Å². The Balaban J connectivity index is 2.89. The average molecular weight is 306 g/mol. The van der Waals surface area contributed by atoms with Crippen molar-refractivity contribution < 1.29 is 17.2 Å². The highest BCUT2D eigenvalue weighted by atomic mass is 32.2. The molecule has 0 aliphatic carbocycles. The van der Waals surface area contributed by atoms with Crippen LogP contribution >= 0.6 is 0 Å². The summed E-state index contributed by atoms with van der Waals surface area (Å²) >= 11 is 0. The van der Waals surface area contributed by atoms with Gasteiger partial charge in [0.2, 0.25) is 10.0 Å². The lowest BCUT2D eigenvalue weighted by molar-refractivity contribution is 0.0170. The predicted octanol–water partition coefficient (Wildman–Crippen LogP) is 1.86. The number of hydrogen-bond donors (Lipinski definition) is 2. The SMILES string of the molecule is CC(C)(C)c1ccc(S(=O)(=O)NCC(F)(F)CN)cc1. The molecule has 0 saturated heterocycles. The van der Waals surface area contributed by atoms with E-state index in [-0.39, 0.29) is 10.3 Å². The van der Waals surface area contributed by atoms with Crippen LogP contribution < -0.4 is 10.5 Å². The molecule has 4 nitrogen and oxygen atoms in total. The molecule has 0 fully saturated rings. The van der Waals surface area contributed by atoms with E-state index in [4.69, 9.17) is 5.73 Å². The molecule has 0 saturated carbocycles. The van der Waals surface area contributed by atoms with Crippen molar-refractivity contribution in [2.45, 2.75) is 37.0 Å². The Hall–Kier alpha value is -1.05. The molecule has 0 aromatic heterocycles. The summed E-state index contributed by atoms with van der Waals surface area (Å²) in [4.78, 5) is -0.0432. The van der Waals surface area contributed by atoms with Crippen molar-refractivity contribution in [2.24, 2.45) is 5.73 Å². The van der Waals surface area contributed by atoms with Crippen molar-refractivity contribution in [1.29, 1.82) is 0 Å². The van der Waals surface area contributed by atoms with Crippen LogP contribution in [0, 0.1) is 0 Å². The van der Waals surface area contributed by atoms with Crippen LogP contribution in [0.2, 0.25) is 0 Å². The van der Waals surface area contributed by atoms with Gasteiger partial charge in [-0.1, -0.05) is 32.9 Å². The van der Waals surface area contributed by atoms with Gasteiger partial charge in [-0.15, -0.1) is 0 Å². The van der Waals surface area contributed by atoms with Crippen molar-refractivity contribution in [3.63, 3.8) is 0 Å². The van der Waals surface area contributed by atoms with Crippen LogP contribution in [0.5, 0.6) is 0 Å². The fourth-order valence-corrected chi connectivity index (χ4v) is 2.55. The Kier molecular flexibility index (Phi) is 4.89. The largest absolute Gasteiger partial charge is 0.325 e. The predicted molar refractivity (Wildman–Crippen MR) is 74.3 cm³/mol. The Morgan fingerprint density at radius 2 is 1.65 bits per heavy atom. The van der Waals surface area contributed by atoms with Gasteiger partial charge in [0.25, 0.3) is 5.92 Å². The van der Waals surface area contributed by atoms with E-state index in [1.165, 1.54) is 12.1 Å². The van der Waals surface area contributed by atoms with Crippen LogP contribution in [0.3, 0.4) is 0 Å². The number of hydrogen-bond acceptors (Lipinski definition) is 3. The lowest BCUT2D eigenvalue weighted by atomic mass is 9.87. The Morgan fingerprint density at radius 3 is 2.05 bits per heavy atom. The van der Waals surface area contributed by atoms with E-state index in [0.717, 1.165) is 5.56 Å². The fraction of sp³-hybridized carbons (Fsp3) is 0.538. The summed E-state index contributed by atoms with van der Waals surface area (Å²) in [6.45, 7) is 4.08. The number of sulfonamides is 1. The lowest BCUT2D eigenvalue weighted by Gasteiger charge is -2.19. The Labute approximate surface area is 118 Å². The lowest BCUT2D eigenvalue weighted by Crippen LogP contribution is -2.41. The molecule has 0 amide bonds. The molecule has 0 atom stereocenters. The van der Waals surface area contributed by atoms with Crippen LogP contribution in [-0.4, -0.2) is 27.4 Å². The molecule has 20 heavy (non-hydrogen) atoms. The first-order chi connectivity index (χ1) is 8.98. The highest BCUT2D eigenvalue weighted by Gasteiger charge is 2.29. The van der Waals surface area contributed by atoms with Gasteiger partial charge in [0.1, 0.15) is 0 Å². The molecule has 114 valence electrons. The maximum atomic E-state index is 13.0. The van der Waals surface area contributed by atoms with Crippen molar-refractivity contribution in [3.8, 4) is 0 Å². The minimum absolute atomic E-state index is 0.0432. The molecule has 1 aromatic carbocycles. The summed E-state index contributed by atoms with van der Waals surface area (Å²) in [7, 11) is -3.95. The normalized spacial score (nSPS) is 13.5. The second kappa shape index (κ2) is 5.75. The van der Waals surface area contributed by atoms with E-state index in [2.05, 4.69) is 0 Å². The highest BCUT2D eigenvalue weighted by Crippen LogP contribution is 2.23. The number of halogens is 2. The zero-order valence-electron chi connectivity index (χ0n) is 11.8. The fourth-order valence-electron chi connectivity index (χ4n) is 1.49. The second-order valence-electron chi connectivity index (χ2n) is 5.66. The molecule has 7 heteroatoms. The molecule has 1 aromatic rings. The Morgan fingerprint density at radius 1 is 1.15 bits per heavy atom. The first-order valence-electron chi connectivity index (χ1n) is 6.16. The zero-order valence-corrected chi connectivity index (χ0v) is 12.6. The van der Waals surface area contributed by atoms with E-state index in [9.17, 15) is 17.2 Å². The summed E-state index contributed by atoms with van der Waals surface area (Å²) in [5.74, 6) is -3.25. The van der Waals surface area contributed by atoms with Crippen molar-refractivity contribution in [1.82, 2.24) is 4.72 Å². The molecule has 0 aliphatic heterocycles. The van der Waals surface area contributed by atoms with Crippen molar-refractivity contribution >= 4 is 10.0 Å². The minimum atomic E-state index is -3.95. The number of nitrogens with two attached hydrogens (primary N) is 1. The molecule has 0 radical (unpaired) electrons. The van der Waals surface area contributed by atoms with Gasteiger partial charge in [0, 0.05) is 0 Å². The van der Waals surface area contributed by atoms with Gasteiger partial charge >= 0.3 is 0 Å². The standard InChI is InChI=1S/C13H20F2N2O2S/c1-12(2,3)10-4-6-11(7-5-10)20(18,19)17-9-13(14,15)8-16/h4-7,17H,8-9,16H2,1-3H3. The van der Waals surface area contributed by atoms with Gasteiger partial charge in [-0.3, -0.25) is 0 Å². The van der Waals surface area contributed by atoms with Gasteiger partial charge in [0.05, 0.1) is 18.0 Å². The van der Waals surface area contributed by atoms with Crippen molar-refractivity contribution in [2.75, 3.05) is 13.1 Å². The van der Waals surface area contributed by atoms with E-state index in [0.29, 0.717) is 0 Å². The number of rotatable bonds is 5. The van der Waals surface area contributed by atoms with Crippen LogP contribution in [0.4, 0.5) is 8.78 Å². The van der Waals surface area contributed by atoms with Crippen LogP contribution in [-0.2, 0) is 15.4 Å². The van der Waals surface area contributed by atoms with Crippen LogP contribution in [0.25, 0.3) is 0 Å². The first kappa shape index (κ1) is 17.0. The van der Waals surface area contributed by atoms with E-state index in [1.807, 2.05) is 25.5 Å². The third-order valence-corrected chi connectivity index (χ3v) is 4.27. The monoisotopic (exact) mass is 306 g/mol. The molecular weight excluding hydrogens is 286 g/mol. The van der Waals surface area contributed by atoms with Crippen LogP contribution in [0.1, 0.15) is 26.3 Å². The summed E-state index contributed by atoms with van der Waals surface area (Å²) in [6, 6.07) is 6.16. The minimum Gasteiger partial charge on any atom is -0.325 e. The summed E-state index contributed by atoms with van der Waals surface area (Å²) in [6.07, 6.45) is 0.